The molecule has 0 spiro atoms. The Bertz CT molecular complexity index is 1030. The van der Waals surface area contributed by atoms with Crippen molar-refractivity contribution in [3.8, 4) is 11.1 Å². The maximum absolute atomic E-state index is 14.1. The highest BCUT2D eigenvalue weighted by Crippen LogP contribution is 2.40. The Morgan fingerprint density at radius 2 is 0.920 bits per heavy atom. The van der Waals surface area contributed by atoms with Crippen LogP contribution in [0.3, 0.4) is 0 Å². The zero-order valence-corrected chi connectivity index (χ0v) is 11.6. The fourth-order valence-electron chi connectivity index (χ4n) is 2.45. The van der Waals surface area contributed by atoms with Gasteiger partial charge >= 0.3 is 0 Å². The Morgan fingerprint density at radius 3 is 1.48 bits per heavy atom. The molecule has 0 bridgehead atoms. The number of hydrogen-bond donors (Lipinski definition) is 0. The van der Waals surface area contributed by atoms with Crippen LogP contribution in [0, 0.1) is 52.4 Å². The Hall–Kier alpha value is -2.71. The summed E-state index contributed by atoms with van der Waals surface area (Å²) in [4.78, 5) is 0. The van der Waals surface area contributed by atoms with Crippen molar-refractivity contribution in [3.63, 3.8) is 0 Å². The molecule has 0 fully saturated rings. The van der Waals surface area contributed by atoms with Gasteiger partial charge in [-0.25, -0.2) is 39.5 Å². The molecule has 3 rings (SSSR count). The van der Waals surface area contributed by atoms with Crippen molar-refractivity contribution in [3.05, 3.63) is 70.6 Å². The monoisotopic (exact) mass is 366 g/mol. The van der Waals surface area contributed by atoms with Gasteiger partial charge in [0, 0.05) is 16.5 Å². The average molecular weight is 366 g/mol. The van der Waals surface area contributed by atoms with Crippen LogP contribution in [-0.2, 0) is 0 Å². The lowest BCUT2D eigenvalue weighted by molar-refractivity contribution is 0.411. The molecule has 3 aromatic carbocycles. The van der Waals surface area contributed by atoms with E-state index in [2.05, 4.69) is 0 Å². The molecule has 0 heterocycles. The van der Waals surface area contributed by atoms with E-state index < -0.39 is 74.3 Å². The van der Waals surface area contributed by atoms with Gasteiger partial charge in [-0.05, 0) is 6.07 Å². The summed E-state index contributed by atoms with van der Waals surface area (Å²) in [6.45, 7) is 0. The Kier molecular flexibility index (Phi) is 3.89. The van der Waals surface area contributed by atoms with Crippen LogP contribution in [-0.4, -0.2) is 0 Å². The summed E-state index contributed by atoms with van der Waals surface area (Å²) >= 11 is 0. The summed E-state index contributed by atoms with van der Waals surface area (Å²) in [6, 6.07) is 2.04. The van der Waals surface area contributed by atoms with E-state index in [0.717, 1.165) is 6.07 Å². The molecule has 0 aliphatic rings. The van der Waals surface area contributed by atoms with Crippen molar-refractivity contribution in [2.45, 2.75) is 0 Å². The van der Waals surface area contributed by atoms with Gasteiger partial charge in [-0.15, -0.1) is 0 Å². The molecule has 130 valence electrons. The van der Waals surface area contributed by atoms with E-state index in [9.17, 15) is 39.5 Å². The number of benzene rings is 3. The summed E-state index contributed by atoms with van der Waals surface area (Å²) < 4.78 is 124. The highest BCUT2D eigenvalue weighted by molar-refractivity contribution is 5.98. The fraction of sp³-hybridized carbons (Fsp3) is 0. The van der Waals surface area contributed by atoms with Crippen molar-refractivity contribution in [2.75, 3.05) is 0 Å². The molecule has 0 radical (unpaired) electrons. The third-order valence-electron chi connectivity index (χ3n) is 3.56. The molecular formula is C16H3F9. The summed E-state index contributed by atoms with van der Waals surface area (Å²) in [6.07, 6.45) is 0. The third kappa shape index (κ3) is 2.25. The lowest BCUT2D eigenvalue weighted by Crippen LogP contribution is -2.07. The first kappa shape index (κ1) is 17.1. The van der Waals surface area contributed by atoms with Crippen LogP contribution < -0.4 is 0 Å². The average Bonchev–Trinajstić information content (AvgIpc) is 2.58. The van der Waals surface area contributed by atoms with E-state index >= 15 is 0 Å². The van der Waals surface area contributed by atoms with Gasteiger partial charge in [-0.3, -0.25) is 0 Å². The first-order valence-electron chi connectivity index (χ1n) is 6.44. The summed E-state index contributed by atoms with van der Waals surface area (Å²) in [5, 5.41) is -3.37. The van der Waals surface area contributed by atoms with Crippen LogP contribution in [0.5, 0.6) is 0 Å². The minimum atomic E-state index is -2.47. The predicted molar refractivity (Wildman–Crippen MR) is 69.0 cm³/mol. The third-order valence-corrected chi connectivity index (χ3v) is 3.56. The van der Waals surface area contributed by atoms with E-state index in [-0.39, 0.29) is 0 Å². The maximum Gasteiger partial charge on any atom is 0.198 e. The second-order valence-corrected chi connectivity index (χ2v) is 4.92. The van der Waals surface area contributed by atoms with Gasteiger partial charge in [0.25, 0.3) is 0 Å². The van der Waals surface area contributed by atoms with E-state index in [4.69, 9.17) is 0 Å². The van der Waals surface area contributed by atoms with E-state index in [1.165, 1.54) is 0 Å². The SMILES string of the molecule is Fc1cccc(-c2c(F)c(F)c(F)c3c(F)c(F)c(F)c(F)c23)c1F. The summed E-state index contributed by atoms with van der Waals surface area (Å²) in [7, 11) is 0. The van der Waals surface area contributed by atoms with Gasteiger partial charge in [0.15, 0.2) is 52.4 Å². The Morgan fingerprint density at radius 1 is 0.440 bits per heavy atom. The fourth-order valence-corrected chi connectivity index (χ4v) is 2.45. The van der Waals surface area contributed by atoms with Crippen molar-refractivity contribution < 1.29 is 39.5 Å². The van der Waals surface area contributed by atoms with Gasteiger partial charge in [-0.2, -0.15) is 0 Å². The van der Waals surface area contributed by atoms with Crippen LogP contribution in [0.15, 0.2) is 18.2 Å². The first-order chi connectivity index (χ1) is 11.7. The molecule has 3 aromatic rings. The molecule has 0 saturated heterocycles. The molecule has 0 aliphatic heterocycles. The lowest BCUT2D eigenvalue weighted by atomic mass is 9.95. The molecule has 9 heteroatoms. The second kappa shape index (κ2) is 5.68. The maximum atomic E-state index is 14.1. The van der Waals surface area contributed by atoms with Crippen molar-refractivity contribution in [2.24, 2.45) is 0 Å². The standard InChI is InChI=1S/C16H3F9/c17-5-3-1-2-4(9(5)18)6-7-8(12(21)14(23)10(6)19)13(22)16(25)15(24)11(7)20/h1-3H. The largest absolute Gasteiger partial charge is 0.204 e. The first-order valence-corrected chi connectivity index (χ1v) is 6.44. The predicted octanol–water partition coefficient (Wildman–Crippen LogP) is 5.76. The van der Waals surface area contributed by atoms with Crippen molar-refractivity contribution >= 4 is 10.8 Å². The van der Waals surface area contributed by atoms with E-state index in [0.29, 0.717) is 12.1 Å². The number of halogens is 9. The summed E-state index contributed by atoms with van der Waals surface area (Å²) in [5.74, 6) is -19.9. The lowest BCUT2D eigenvalue weighted by Gasteiger charge is -2.14. The van der Waals surface area contributed by atoms with Crippen LogP contribution in [0.2, 0.25) is 0 Å². The molecule has 0 amide bonds. The Labute approximate surface area is 133 Å². The normalized spacial score (nSPS) is 11.4. The molecule has 0 saturated carbocycles. The quantitative estimate of drug-likeness (QED) is 0.292. The van der Waals surface area contributed by atoms with Gasteiger partial charge in [-0.1, -0.05) is 12.1 Å². The molecule has 25 heavy (non-hydrogen) atoms. The van der Waals surface area contributed by atoms with Gasteiger partial charge in [0.2, 0.25) is 0 Å². The molecule has 0 aromatic heterocycles. The van der Waals surface area contributed by atoms with Gasteiger partial charge < -0.3 is 0 Å². The van der Waals surface area contributed by atoms with Crippen LogP contribution in [0.1, 0.15) is 0 Å². The van der Waals surface area contributed by atoms with Crippen LogP contribution in [0.4, 0.5) is 39.5 Å². The van der Waals surface area contributed by atoms with Crippen LogP contribution >= 0.6 is 0 Å². The van der Waals surface area contributed by atoms with E-state index in [1.807, 2.05) is 0 Å². The van der Waals surface area contributed by atoms with Crippen molar-refractivity contribution in [1.82, 2.24) is 0 Å². The number of hydrogen-bond acceptors (Lipinski definition) is 0. The van der Waals surface area contributed by atoms with Gasteiger partial charge in [0.05, 0.1) is 5.39 Å². The minimum absolute atomic E-state index is 0.579. The van der Waals surface area contributed by atoms with Crippen molar-refractivity contribution in [1.29, 1.82) is 0 Å². The highest BCUT2D eigenvalue weighted by atomic mass is 19.2. The van der Waals surface area contributed by atoms with Gasteiger partial charge in [0.1, 0.15) is 0 Å². The number of rotatable bonds is 1. The topological polar surface area (TPSA) is 0 Å². The zero-order chi connectivity index (χ0) is 18.6. The molecule has 0 atom stereocenters. The molecule has 0 nitrogen and oxygen atoms in total. The van der Waals surface area contributed by atoms with Crippen LogP contribution in [0.25, 0.3) is 21.9 Å². The number of fused-ring (bicyclic) bond motifs is 1. The smallest absolute Gasteiger partial charge is 0.198 e. The Balaban J connectivity index is 2.67. The highest BCUT2D eigenvalue weighted by Gasteiger charge is 2.32. The minimum Gasteiger partial charge on any atom is -0.204 e. The molecule has 0 unspecified atom stereocenters. The molecule has 0 aliphatic carbocycles. The zero-order valence-electron chi connectivity index (χ0n) is 11.6. The van der Waals surface area contributed by atoms with E-state index in [1.54, 1.807) is 0 Å². The molecular weight excluding hydrogens is 363 g/mol. The summed E-state index contributed by atoms with van der Waals surface area (Å²) in [5.41, 5.74) is -2.62. The second-order valence-electron chi connectivity index (χ2n) is 4.92. The molecule has 0 N–H and O–H groups in total.